The van der Waals surface area contributed by atoms with Crippen LogP contribution in [-0.4, -0.2) is 31.8 Å². The normalized spacial score (nSPS) is 16.4. The maximum atomic E-state index is 11.2. The van der Waals surface area contributed by atoms with E-state index in [1.54, 1.807) is 28.1 Å². The first kappa shape index (κ1) is 16.3. The van der Waals surface area contributed by atoms with Gasteiger partial charge in [0, 0.05) is 17.4 Å². The molecule has 0 aliphatic carbocycles. The zero-order valence-electron chi connectivity index (χ0n) is 12.6. The van der Waals surface area contributed by atoms with Crippen LogP contribution in [0.3, 0.4) is 0 Å². The van der Waals surface area contributed by atoms with Gasteiger partial charge in [0.1, 0.15) is 0 Å². The largest absolute Gasteiger partial charge is 0.550 e. The number of carboxylic acid groups (broad SMARTS) is 1. The molecule has 0 unspecified atom stereocenters. The fourth-order valence-electron chi connectivity index (χ4n) is 2.50. The highest BCUT2D eigenvalue weighted by Gasteiger charge is 2.29. The minimum atomic E-state index is -1.13. The van der Waals surface area contributed by atoms with E-state index in [0.29, 0.717) is 21.7 Å². The molecule has 0 N–H and O–H groups in total. The molecule has 0 radical (unpaired) electrons. The summed E-state index contributed by atoms with van der Waals surface area (Å²) in [4.78, 5) is 12.1. The number of carbonyl (C=O) groups excluding carboxylic acids is 1. The molecule has 0 saturated carbocycles. The molecule has 25 heavy (non-hydrogen) atoms. The molecule has 9 heteroatoms. The highest BCUT2D eigenvalue weighted by atomic mass is 35.5. The zero-order valence-corrected chi connectivity index (χ0v) is 15.0. The summed E-state index contributed by atoms with van der Waals surface area (Å²) in [6.45, 7) is 0. The van der Waals surface area contributed by atoms with Gasteiger partial charge < -0.3 is 9.90 Å². The molecular weight excluding hydrogens is 380 g/mol. The van der Waals surface area contributed by atoms with E-state index in [9.17, 15) is 9.90 Å². The van der Waals surface area contributed by atoms with Gasteiger partial charge in [-0.15, -0.1) is 21.5 Å². The van der Waals surface area contributed by atoms with Crippen molar-refractivity contribution in [3.8, 4) is 10.7 Å². The van der Waals surface area contributed by atoms with Crippen LogP contribution < -0.4 is 5.11 Å². The first-order valence-electron chi connectivity index (χ1n) is 7.32. The van der Waals surface area contributed by atoms with Gasteiger partial charge in [-0.05, 0) is 29.1 Å². The number of hydrogen-bond acceptors (Lipinski definition) is 7. The Kier molecular flexibility index (Phi) is 4.32. The third kappa shape index (κ3) is 3.20. The summed E-state index contributed by atoms with van der Waals surface area (Å²) in [6, 6.07) is 11.0. The number of aliphatic carboxylic acids is 1. The molecule has 1 aromatic carbocycles. The summed E-state index contributed by atoms with van der Waals surface area (Å²) >= 11 is 8.82. The predicted molar refractivity (Wildman–Crippen MR) is 96.0 cm³/mol. The summed E-state index contributed by atoms with van der Waals surface area (Å²) in [7, 11) is 0. The average Bonchev–Trinajstić information content (AvgIpc) is 3.23. The maximum Gasteiger partial charge on any atom is 0.213 e. The maximum absolute atomic E-state index is 11.2. The van der Waals surface area contributed by atoms with Crippen LogP contribution in [-0.2, 0) is 4.79 Å². The van der Waals surface area contributed by atoms with Crippen molar-refractivity contribution in [3.63, 3.8) is 0 Å². The molecule has 0 saturated heterocycles. The number of rotatable bonds is 4. The van der Waals surface area contributed by atoms with E-state index < -0.39 is 11.2 Å². The molecular formula is C16H10ClN4O2S2-. The van der Waals surface area contributed by atoms with E-state index >= 15 is 0 Å². The average molecular weight is 390 g/mol. The van der Waals surface area contributed by atoms with Gasteiger partial charge in [-0.2, -0.15) is 9.78 Å². The lowest BCUT2D eigenvalue weighted by Crippen LogP contribution is -2.32. The number of thioether (sulfide) groups is 1. The summed E-state index contributed by atoms with van der Waals surface area (Å²) in [6.07, 6.45) is -0.159. The lowest BCUT2D eigenvalue weighted by atomic mass is 10.1. The van der Waals surface area contributed by atoms with Crippen LogP contribution in [0, 0.1) is 0 Å². The Morgan fingerprint density at radius 3 is 2.72 bits per heavy atom. The second-order valence-electron chi connectivity index (χ2n) is 5.27. The number of nitrogens with zero attached hydrogens (tertiary/aromatic N) is 4. The number of carbonyl (C=O) groups is 1. The summed E-state index contributed by atoms with van der Waals surface area (Å²) in [5.41, 5.74) is 1.44. The molecule has 0 fully saturated rings. The van der Waals surface area contributed by atoms with E-state index in [2.05, 4.69) is 15.3 Å². The number of thiophene rings is 1. The third-order valence-electron chi connectivity index (χ3n) is 3.61. The number of carboxylic acids is 1. The lowest BCUT2D eigenvalue weighted by molar-refractivity contribution is -0.305. The molecule has 0 bridgehead atoms. The Labute approximate surface area is 156 Å². The predicted octanol–water partition coefficient (Wildman–Crippen LogP) is 2.53. The summed E-state index contributed by atoms with van der Waals surface area (Å²) in [5, 5.41) is 26.9. The fraction of sp³-hybridized carbons (Fsp3) is 0.125. The Morgan fingerprint density at radius 1 is 1.24 bits per heavy atom. The lowest BCUT2D eigenvalue weighted by Gasteiger charge is -2.23. The van der Waals surface area contributed by atoms with Gasteiger partial charge in [0.2, 0.25) is 5.16 Å². The molecule has 0 spiro atoms. The van der Waals surface area contributed by atoms with Gasteiger partial charge in [-0.3, -0.25) is 0 Å². The Balaban J connectivity index is 1.82. The fourth-order valence-corrected chi connectivity index (χ4v) is 4.40. The van der Waals surface area contributed by atoms with Crippen molar-refractivity contribution in [1.29, 1.82) is 0 Å². The Bertz CT molecular complexity index is 951. The highest BCUT2D eigenvalue weighted by molar-refractivity contribution is 8.00. The molecule has 2 aromatic heterocycles. The molecule has 0 amide bonds. The summed E-state index contributed by atoms with van der Waals surface area (Å²) < 4.78 is 1.66. The van der Waals surface area contributed by atoms with Gasteiger partial charge in [-0.1, -0.05) is 41.6 Å². The van der Waals surface area contributed by atoms with Crippen LogP contribution in [0.1, 0.15) is 12.0 Å². The van der Waals surface area contributed by atoms with Crippen LogP contribution in [0.15, 0.2) is 52.0 Å². The molecule has 3 aromatic rings. The van der Waals surface area contributed by atoms with E-state index in [4.69, 9.17) is 11.6 Å². The molecule has 4 rings (SSSR count). The minimum absolute atomic E-state index is 0.159. The first-order valence-corrected chi connectivity index (χ1v) is 9.46. The van der Waals surface area contributed by atoms with E-state index in [1.807, 2.05) is 29.6 Å². The topological polar surface area (TPSA) is 83.2 Å². The zero-order chi connectivity index (χ0) is 17.4. The highest BCUT2D eigenvalue weighted by Crippen LogP contribution is 2.35. The van der Waals surface area contributed by atoms with Gasteiger partial charge in [0.15, 0.2) is 5.82 Å². The van der Waals surface area contributed by atoms with Crippen LogP contribution in [0.2, 0.25) is 5.02 Å². The standard InChI is InChI=1S/C16H11ClN4O2S2/c17-10-5-3-9(4-6-10)14-12(8-13(22)23)25-16-19-18-15(21(16)20-14)11-2-1-7-24-11/h1-7,12H,8H2,(H,22,23)/p-1/t12-/m1/s1. The van der Waals surface area contributed by atoms with E-state index in [0.717, 1.165) is 10.4 Å². The monoisotopic (exact) mass is 389 g/mol. The van der Waals surface area contributed by atoms with Gasteiger partial charge in [-0.25, -0.2) is 0 Å². The summed E-state index contributed by atoms with van der Waals surface area (Å²) in [5.74, 6) is -0.499. The Morgan fingerprint density at radius 2 is 2.04 bits per heavy atom. The van der Waals surface area contributed by atoms with Crippen LogP contribution >= 0.6 is 34.7 Å². The molecule has 1 atom stereocenters. The van der Waals surface area contributed by atoms with Crippen molar-refractivity contribution < 1.29 is 9.90 Å². The van der Waals surface area contributed by atoms with Gasteiger partial charge in [0.25, 0.3) is 0 Å². The van der Waals surface area contributed by atoms with Crippen molar-refractivity contribution in [2.45, 2.75) is 16.8 Å². The molecule has 1 aliphatic rings. The van der Waals surface area contributed by atoms with Crippen LogP contribution in [0.5, 0.6) is 0 Å². The quantitative estimate of drug-likeness (QED) is 0.684. The third-order valence-corrected chi connectivity index (χ3v) is 5.86. The second-order valence-corrected chi connectivity index (χ2v) is 7.82. The van der Waals surface area contributed by atoms with Crippen molar-refractivity contribution in [2.24, 2.45) is 5.10 Å². The molecule has 126 valence electrons. The number of benzene rings is 1. The van der Waals surface area contributed by atoms with Crippen molar-refractivity contribution in [1.82, 2.24) is 14.9 Å². The van der Waals surface area contributed by atoms with E-state index in [1.165, 1.54) is 11.8 Å². The number of fused-ring (bicyclic) bond motifs is 1. The van der Waals surface area contributed by atoms with Gasteiger partial charge >= 0.3 is 0 Å². The number of hydrogen-bond donors (Lipinski definition) is 0. The van der Waals surface area contributed by atoms with Crippen LogP contribution in [0.4, 0.5) is 0 Å². The molecule has 1 aliphatic heterocycles. The van der Waals surface area contributed by atoms with Crippen molar-refractivity contribution in [3.05, 3.63) is 52.4 Å². The Hall–Kier alpha value is -2.16. The molecule has 6 nitrogen and oxygen atoms in total. The minimum Gasteiger partial charge on any atom is -0.550 e. The second kappa shape index (κ2) is 6.62. The smallest absolute Gasteiger partial charge is 0.213 e. The number of aromatic nitrogens is 3. The van der Waals surface area contributed by atoms with Gasteiger partial charge in [0.05, 0.1) is 15.8 Å². The van der Waals surface area contributed by atoms with Crippen LogP contribution in [0.25, 0.3) is 10.7 Å². The SMILES string of the molecule is O=C([O-])C[C@H]1Sc2nnc(-c3cccs3)n2N=C1c1ccc(Cl)cc1. The van der Waals surface area contributed by atoms with E-state index in [-0.39, 0.29) is 6.42 Å². The van der Waals surface area contributed by atoms with Crippen molar-refractivity contribution in [2.75, 3.05) is 0 Å². The van der Waals surface area contributed by atoms with Crippen molar-refractivity contribution >= 4 is 46.4 Å². The first-order chi connectivity index (χ1) is 12.1. The molecule has 3 heterocycles. The number of halogens is 1.